The molecular formula is C11H23NO. The Hall–Kier alpha value is -0.0800. The van der Waals surface area contributed by atoms with Crippen molar-refractivity contribution in [3.8, 4) is 0 Å². The zero-order chi connectivity index (χ0) is 9.57. The quantitative estimate of drug-likeness (QED) is 0.566. The van der Waals surface area contributed by atoms with E-state index in [2.05, 4.69) is 12.2 Å². The van der Waals surface area contributed by atoms with Crippen LogP contribution >= 0.6 is 0 Å². The van der Waals surface area contributed by atoms with Gasteiger partial charge < -0.3 is 10.4 Å². The molecule has 1 saturated carbocycles. The maximum absolute atomic E-state index is 8.57. The minimum atomic E-state index is 0.353. The number of rotatable bonds is 8. The Kier molecular flexibility index (Phi) is 4.74. The van der Waals surface area contributed by atoms with E-state index in [1.54, 1.807) is 0 Å². The second-order valence-corrected chi connectivity index (χ2v) is 4.63. The van der Waals surface area contributed by atoms with Crippen LogP contribution in [0.1, 0.15) is 45.4 Å². The lowest BCUT2D eigenvalue weighted by Gasteiger charge is -2.09. The highest BCUT2D eigenvalue weighted by atomic mass is 16.2. The molecule has 0 aromatic carbocycles. The Labute approximate surface area is 81.7 Å². The summed E-state index contributed by atoms with van der Waals surface area (Å²) >= 11 is 0. The molecule has 0 radical (unpaired) electrons. The van der Waals surface area contributed by atoms with Crippen molar-refractivity contribution >= 4 is 0 Å². The number of hydrogen-bond donors (Lipinski definition) is 2. The van der Waals surface area contributed by atoms with Crippen molar-refractivity contribution < 1.29 is 5.11 Å². The van der Waals surface area contributed by atoms with E-state index < -0.39 is 0 Å². The van der Waals surface area contributed by atoms with Crippen molar-refractivity contribution in [2.75, 3.05) is 19.7 Å². The number of aliphatic hydroxyl groups excluding tert-OH is 1. The van der Waals surface area contributed by atoms with Crippen LogP contribution in [-0.2, 0) is 0 Å². The average molecular weight is 185 g/mol. The third kappa shape index (κ3) is 5.27. The van der Waals surface area contributed by atoms with Crippen LogP contribution in [0.4, 0.5) is 0 Å². The smallest absolute Gasteiger partial charge is 0.0431 e. The van der Waals surface area contributed by atoms with Gasteiger partial charge in [-0.25, -0.2) is 0 Å². The van der Waals surface area contributed by atoms with Crippen molar-refractivity contribution in [2.24, 2.45) is 5.41 Å². The van der Waals surface area contributed by atoms with E-state index in [1.165, 1.54) is 38.6 Å². The lowest BCUT2D eigenvalue weighted by Crippen LogP contribution is -2.22. The summed E-state index contributed by atoms with van der Waals surface area (Å²) in [5, 5.41) is 12.1. The van der Waals surface area contributed by atoms with Crippen LogP contribution in [-0.4, -0.2) is 24.8 Å². The van der Waals surface area contributed by atoms with Gasteiger partial charge in [0.2, 0.25) is 0 Å². The fraction of sp³-hybridized carbons (Fsp3) is 1.00. The molecule has 0 amide bonds. The highest BCUT2D eigenvalue weighted by molar-refractivity contribution is 4.90. The molecule has 2 heteroatoms. The Bertz CT molecular complexity index is 132. The summed E-state index contributed by atoms with van der Waals surface area (Å²) < 4.78 is 0. The van der Waals surface area contributed by atoms with Crippen LogP contribution in [0.3, 0.4) is 0 Å². The molecule has 0 aliphatic heterocycles. The van der Waals surface area contributed by atoms with E-state index in [4.69, 9.17) is 5.11 Å². The molecule has 0 aromatic heterocycles. The molecule has 2 N–H and O–H groups in total. The van der Waals surface area contributed by atoms with Gasteiger partial charge in [-0.15, -0.1) is 0 Å². The lowest BCUT2D eigenvalue weighted by atomic mass is 10.1. The van der Waals surface area contributed by atoms with E-state index in [0.29, 0.717) is 12.0 Å². The molecule has 0 heterocycles. The summed E-state index contributed by atoms with van der Waals surface area (Å²) in [7, 11) is 0. The lowest BCUT2D eigenvalue weighted by molar-refractivity contribution is 0.282. The van der Waals surface area contributed by atoms with Crippen LogP contribution in [0, 0.1) is 5.41 Å². The molecule has 1 aliphatic carbocycles. The van der Waals surface area contributed by atoms with Crippen molar-refractivity contribution in [1.29, 1.82) is 0 Å². The monoisotopic (exact) mass is 185 g/mol. The highest BCUT2D eigenvalue weighted by Crippen LogP contribution is 2.43. The summed E-state index contributed by atoms with van der Waals surface area (Å²) in [6.07, 6.45) is 7.47. The first-order valence-electron chi connectivity index (χ1n) is 5.58. The van der Waals surface area contributed by atoms with E-state index in [9.17, 15) is 0 Å². The third-order valence-corrected chi connectivity index (χ3v) is 2.92. The largest absolute Gasteiger partial charge is 0.396 e. The second-order valence-electron chi connectivity index (χ2n) is 4.63. The van der Waals surface area contributed by atoms with E-state index in [1.807, 2.05) is 0 Å². The summed E-state index contributed by atoms with van der Waals surface area (Å²) in [5.74, 6) is 0. The maximum Gasteiger partial charge on any atom is 0.0431 e. The first kappa shape index (κ1) is 11.0. The zero-order valence-electron chi connectivity index (χ0n) is 8.81. The van der Waals surface area contributed by atoms with E-state index in [-0.39, 0.29) is 0 Å². The molecule has 2 nitrogen and oxygen atoms in total. The fourth-order valence-electron chi connectivity index (χ4n) is 1.50. The molecular weight excluding hydrogens is 162 g/mol. The van der Waals surface area contributed by atoms with E-state index >= 15 is 0 Å². The first-order valence-corrected chi connectivity index (χ1v) is 5.58. The molecule has 1 fully saturated rings. The molecule has 1 rings (SSSR count). The van der Waals surface area contributed by atoms with Gasteiger partial charge >= 0.3 is 0 Å². The number of aliphatic hydroxyl groups is 1. The topological polar surface area (TPSA) is 32.3 Å². The van der Waals surface area contributed by atoms with Gasteiger partial charge in [-0.2, -0.15) is 0 Å². The molecule has 78 valence electrons. The molecule has 13 heavy (non-hydrogen) atoms. The predicted octanol–water partition coefficient (Wildman–Crippen LogP) is 1.93. The van der Waals surface area contributed by atoms with Crippen molar-refractivity contribution in [1.82, 2.24) is 5.32 Å². The van der Waals surface area contributed by atoms with E-state index in [0.717, 1.165) is 13.0 Å². The molecule has 0 atom stereocenters. The standard InChI is InChI=1S/C11H23NO/c1-11(6-7-11)10-12-8-4-2-3-5-9-13/h12-13H,2-10H2,1H3. The first-order chi connectivity index (χ1) is 6.27. The average Bonchev–Trinajstić information content (AvgIpc) is 2.83. The molecule has 0 saturated heterocycles. The summed E-state index contributed by atoms with van der Waals surface area (Å²) in [6, 6.07) is 0. The Morgan fingerprint density at radius 1 is 1.15 bits per heavy atom. The molecule has 1 aliphatic rings. The minimum absolute atomic E-state index is 0.353. The van der Waals surface area contributed by atoms with Crippen LogP contribution < -0.4 is 5.32 Å². The summed E-state index contributed by atoms with van der Waals surface area (Å²) in [6.45, 7) is 5.06. The van der Waals surface area contributed by atoms with Gasteiger partial charge in [0.1, 0.15) is 0 Å². The van der Waals surface area contributed by atoms with Crippen molar-refractivity contribution in [3.63, 3.8) is 0 Å². The fourth-order valence-corrected chi connectivity index (χ4v) is 1.50. The molecule has 0 spiro atoms. The maximum atomic E-state index is 8.57. The van der Waals surface area contributed by atoms with Gasteiger partial charge in [0, 0.05) is 13.2 Å². The Morgan fingerprint density at radius 3 is 2.46 bits per heavy atom. The zero-order valence-corrected chi connectivity index (χ0v) is 8.81. The van der Waals surface area contributed by atoms with Gasteiger partial charge in [-0.3, -0.25) is 0 Å². The predicted molar refractivity (Wildman–Crippen MR) is 55.8 cm³/mol. The Balaban J connectivity index is 1.74. The van der Waals surface area contributed by atoms with Gasteiger partial charge in [0.05, 0.1) is 0 Å². The van der Waals surface area contributed by atoms with Crippen LogP contribution in [0.15, 0.2) is 0 Å². The van der Waals surface area contributed by atoms with Crippen molar-refractivity contribution in [3.05, 3.63) is 0 Å². The Morgan fingerprint density at radius 2 is 1.85 bits per heavy atom. The minimum Gasteiger partial charge on any atom is -0.396 e. The third-order valence-electron chi connectivity index (χ3n) is 2.92. The number of hydrogen-bond acceptors (Lipinski definition) is 2. The molecule has 0 aromatic rings. The van der Waals surface area contributed by atoms with Crippen LogP contribution in [0.25, 0.3) is 0 Å². The van der Waals surface area contributed by atoms with Gasteiger partial charge in [0.15, 0.2) is 0 Å². The number of unbranched alkanes of at least 4 members (excludes halogenated alkanes) is 3. The van der Waals surface area contributed by atoms with Crippen LogP contribution in [0.2, 0.25) is 0 Å². The van der Waals surface area contributed by atoms with Crippen LogP contribution in [0.5, 0.6) is 0 Å². The van der Waals surface area contributed by atoms with Gasteiger partial charge in [0.25, 0.3) is 0 Å². The number of nitrogens with one attached hydrogen (secondary N) is 1. The molecule has 0 unspecified atom stereocenters. The van der Waals surface area contributed by atoms with Gasteiger partial charge in [-0.1, -0.05) is 19.8 Å². The molecule has 0 bridgehead atoms. The summed E-state index contributed by atoms with van der Waals surface area (Å²) in [5.41, 5.74) is 0.644. The summed E-state index contributed by atoms with van der Waals surface area (Å²) in [4.78, 5) is 0. The normalized spacial score (nSPS) is 18.9. The second kappa shape index (κ2) is 5.61. The van der Waals surface area contributed by atoms with Crippen molar-refractivity contribution in [2.45, 2.75) is 45.4 Å². The highest BCUT2D eigenvalue weighted by Gasteiger charge is 2.36. The SMILES string of the molecule is CC1(CNCCCCCCO)CC1. The van der Waals surface area contributed by atoms with Gasteiger partial charge in [-0.05, 0) is 37.6 Å².